The van der Waals surface area contributed by atoms with Crippen molar-refractivity contribution in [2.24, 2.45) is 0 Å². The van der Waals surface area contributed by atoms with Crippen LogP contribution in [0.3, 0.4) is 0 Å². The molecule has 0 aromatic carbocycles. The van der Waals surface area contributed by atoms with Crippen molar-refractivity contribution in [2.75, 3.05) is 27.3 Å². The lowest BCUT2D eigenvalue weighted by atomic mass is 10.1. The second kappa shape index (κ2) is 8.68. The molecule has 1 N–H and O–H groups in total. The van der Waals surface area contributed by atoms with E-state index in [2.05, 4.69) is 15.1 Å². The average Bonchev–Trinajstić information content (AvgIpc) is 3.01. The second-order valence-electron chi connectivity index (χ2n) is 6.57. The van der Waals surface area contributed by atoms with Crippen LogP contribution in [0.4, 0.5) is 0 Å². The summed E-state index contributed by atoms with van der Waals surface area (Å²) >= 11 is 0. The lowest BCUT2D eigenvalue weighted by molar-refractivity contribution is 0.185. The van der Waals surface area contributed by atoms with Gasteiger partial charge in [0.05, 0.1) is 6.61 Å². The number of sulfonamides is 1. The number of ether oxygens (including phenoxy) is 1. The maximum absolute atomic E-state index is 12.8. The highest BCUT2D eigenvalue weighted by atomic mass is 32.2. The third kappa shape index (κ3) is 4.44. The molecular formula is C19H23N5O4S. The van der Waals surface area contributed by atoms with Gasteiger partial charge < -0.3 is 4.74 Å². The van der Waals surface area contributed by atoms with Crippen LogP contribution in [0.2, 0.25) is 0 Å². The molecule has 3 aromatic rings. The fourth-order valence-electron chi connectivity index (χ4n) is 2.83. The number of rotatable bonds is 8. The van der Waals surface area contributed by atoms with Crippen molar-refractivity contribution in [3.8, 4) is 5.82 Å². The first-order valence-electron chi connectivity index (χ1n) is 8.95. The lowest BCUT2D eigenvalue weighted by Gasteiger charge is -2.16. The maximum Gasteiger partial charge on any atom is 0.276 e. The smallest absolute Gasteiger partial charge is 0.276 e. The monoisotopic (exact) mass is 417 g/mol. The molecule has 0 atom stereocenters. The standard InChI is InChI=1S/C19H23N5O4S/c1-14-17(11-15-5-4-8-20-12-15)19(25)24(22-14)18-7-6-16(13-21-18)29(26,27)23(2)9-10-28-3/h4-8,12-13,22H,9-11H2,1-3H3. The summed E-state index contributed by atoms with van der Waals surface area (Å²) in [5.74, 6) is 0.314. The normalized spacial score (nSPS) is 11.9. The van der Waals surface area contributed by atoms with Crippen LogP contribution in [0.15, 0.2) is 52.5 Å². The molecule has 3 aromatic heterocycles. The fraction of sp³-hybridized carbons (Fsp3) is 0.316. The van der Waals surface area contributed by atoms with Gasteiger partial charge in [0.2, 0.25) is 10.0 Å². The molecule has 9 nitrogen and oxygen atoms in total. The molecule has 0 bridgehead atoms. The highest BCUT2D eigenvalue weighted by Crippen LogP contribution is 2.15. The summed E-state index contributed by atoms with van der Waals surface area (Å²) in [4.78, 5) is 21.1. The van der Waals surface area contributed by atoms with Gasteiger partial charge in [-0.1, -0.05) is 6.07 Å². The Balaban J connectivity index is 1.87. The summed E-state index contributed by atoms with van der Waals surface area (Å²) in [7, 11) is -0.690. The number of H-pyrrole nitrogens is 1. The number of aromatic nitrogens is 4. The van der Waals surface area contributed by atoms with Gasteiger partial charge in [0, 0.05) is 57.0 Å². The van der Waals surface area contributed by atoms with Crippen LogP contribution in [0.5, 0.6) is 0 Å². The van der Waals surface area contributed by atoms with Crippen LogP contribution in [-0.2, 0) is 21.2 Å². The predicted molar refractivity (Wildman–Crippen MR) is 108 cm³/mol. The van der Waals surface area contributed by atoms with Crippen molar-refractivity contribution in [1.29, 1.82) is 0 Å². The SMILES string of the molecule is COCCN(C)S(=O)(=O)c1ccc(-n2[nH]c(C)c(Cc3cccnc3)c2=O)nc1. The van der Waals surface area contributed by atoms with Gasteiger partial charge in [-0.2, -0.15) is 4.31 Å². The molecule has 0 aliphatic rings. The zero-order valence-electron chi connectivity index (χ0n) is 16.5. The third-order valence-electron chi connectivity index (χ3n) is 4.57. The van der Waals surface area contributed by atoms with Crippen molar-refractivity contribution in [3.63, 3.8) is 0 Å². The van der Waals surface area contributed by atoms with E-state index < -0.39 is 10.0 Å². The van der Waals surface area contributed by atoms with E-state index in [4.69, 9.17) is 4.74 Å². The van der Waals surface area contributed by atoms with E-state index in [-0.39, 0.29) is 23.6 Å². The number of hydrogen-bond donors (Lipinski definition) is 1. The van der Waals surface area contributed by atoms with Gasteiger partial charge in [0.25, 0.3) is 5.56 Å². The molecule has 3 rings (SSSR count). The van der Waals surface area contributed by atoms with E-state index in [0.29, 0.717) is 17.8 Å². The van der Waals surface area contributed by atoms with Gasteiger partial charge in [0.15, 0.2) is 5.82 Å². The Hall–Kier alpha value is -2.82. The number of hydrogen-bond acceptors (Lipinski definition) is 6. The molecule has 10 heteroatoms. The number of aryl methyl sites for hydroxylation is 1. The first-order chi connectivity index (χ1) is 13.8. The van der Waals surface area contributed by atoms with Gasteiger partial charge in [-0.25, -0.2) is 18.1 Å². The number of pyridine rings is 2. The first kappa shape index (κ1) is 20.9. The lowest BCUT2D eigenvalue weighted by Crippen LogP contribution is -2.30. The second-order valence-corrected chi connectivity index (χ2v) is 8.61. The molecular weight excluding hydrogens is 394 g/mol. The zero-order chi connectivity index (χ0) is 21.0. The van der Waals surface area contributed by atoms with Crippen LogP contribution >= 0.6 is 0 Å². The van der Waals surface area contributed by atoms with E-state index in [1.54, 1.807) is 12.4 Å². The summed E-state index contributed by atoms with van der Waals surface area (Å²) in [5.41, 5.74) is 2.02. The number of nitrogens with zero attached hydrogens (tertiary/aromatic N) is 4. The van der Waals surface area contributed by atoms with Crippen molar-refractivity contribution in [1.82, 2.24) is 24.1 Å². The van der Waals surface area contributed by atoms with Gasteiger partial charge in [0.1, 0.15) is 4.90 Å². The number of likely N-dealkylation sites (N-methyl/N-ethyl adjacent to an activating group) is 1. The highest BCUT2D eigenvalue weighted by molar-refractivity contribution is 7.89. The van der Waals surface area contributed by atoms with Crippen molar-refractivity contribution >= 4 is 10.0 Å². The van der Waals surface area contributed by atoms with Gasteiger partial charge in [-0.3, -0.25) is 14.9 Å². The highest BCUT2D eigenvalue weighted by Gasteiger charge is 2.21. The summed E-state index contributed by atoms with van der Waals surface area (Å²) in [6.45, 7) is 2.33. The topological polar surface area (TPSA) is 110 Å². The van der Waals surface area contributed by atoms with E-state index in [1.165, 1.54) is 41.5 Å². The molecule has 0 saturated heterocycles. The Labute approximate surface area is 169 Å². The summed E-state index contributed by atoms with van der Waals surface area (Å²) < 4.78 is 32.6. The van der Waals surface area contributed by atoms with Crippen LogP contribution in [0, 0.1) is 6.92 Å². The van der Waals surface area contributed by atoms with Crippen LogP contribution in [-0.4, -0.2) is 59.8 Å². The Kier molecular flexibility index (Phi) is 6.26. The quantitative estimate of drug-likeness (QED) is 0.588. The first-order valence-corrected chi connectivity index (χ1v) is 10.4. The molecule has 0 amide bonds. The van der Waals surface area contributed by atoms with Gasteiger partial charge >= 0.3 is 0 Å². The molecule has 29 heavy (non-hydrogen) atoms. The number of nitrogens with one attached hydrogen (secondary N) is 1. The van der Waals surface area contributed by atoms with E-state index in [9.17, 15) is 13.2 Å². The molecule has 3 heterocycles. The molecule has 0 unspecified atom stereocenters. The molecule has 0 spiro atoms. The molecule has 0 fully saturated rings. The number of methoxy groups -OCH3 is 1. The van der Waals surface area contributed by atoms with E-state index in [0.717, 1.165) is 11.3 Å². The van der Waals surface area contributed by atoms with E-state index >= 15 is 0 Å². The Morgan fingerprint density at radius 1 is 1.24 bits per heavy atom. The summed E-state index contributed by atoms with van der Waals surface area (Å²) in [6.07, 6.45) is 5.09. The largest absolute Gasteiger partial charge is 0.383 e. The Morgan fingerprint density at radius 3 is 2.66 bits per heavy atom. The fourth-order valence-corrected chi connectivity index (χ4v) is 3.94. The molecule has 0 aliphatic heterocycles. The minimum atomic E-state index is -3.68. The summed E-state index contributed by atoms with van der Waals surface area (Å²) in [6, 6.07) is 6.66. The average molecular weight is 417 g/mol. The van der Waals surface area contributed by atoms with Crippen LogP contribution in [0.25, 0.3) is 5.82 Å². The minimum absolute atomic E-state index is 0.0479. The predicted octanol–water partition coefficient (Wildman–Crippen LogP) is 1.12. The molecule has 0 aliphatic carbocycles. The Bertz CT molecular complexity index is 1120. The number of aromatic amines is 1. The van der Waals surface area contributed by atoms with Gasteiger partial charge in [-0.15, -0.1) is 0 Å². The van der Waals surface area contributed by atoms with Crippen molar-refractivity contribution in [3.05, 3.63) is 70.0 Å². The van der Waals surface area contributed by atoms with Gasteiger partial charge in [-0.05, 0) is 30.7 Å². The zero-order valence-corrected chi connectivity index (χ0v) is 17.3. The van der Waals surface area contributed by atoms with Crippen LogP contribution in [0.1, 0.15) is 16.8 Å². The molecule has 154 valence electrons. The summed E-state index contributed by atoms with van der Waals surface area (Å²) in [5, 5.41) is 3.00. The molecule has 0 radical (unpaired) electrons. The van der Waals surface area contributed by atoms with Crippen LogP contribution < -0.4 is 5.56 Å². The Morgan fingerprint density at radius 2 is 2.03 bits per heavy atom. The van der Waals surface area contributed by atoms with Crippen molar-refractivity contribution < 1.29 is 13.2 Å². The van der Waals surface area contributed by atoms with Crippen molar-refractivity contribution in [2.45, 2.75) is 18.2 Å². The third-order valence-corrected chi connectivity index (χ3v) is 6.41. The molecule has 0 saturated carbocycles. The maximum atomic E-state index is 12.8. The van der Waals surface area contributed by atoms with E-state index in [1.807, 2.05) is 19.1 Å². The minimum Gasteiger partial charge on any atom is -0.383 e.